The van der Waals surface area contributed by atoms with E-state index in [1.807, 2.05) is 30.5 Å². The number of fused-ring (bicyclic) bond motifs is 2. The van der Waals surface area contributed by atoms with Crippen LogP contribution in [0.5, 0.6) is 5.75 Å². The maximum absolute atomic E-state index is 13.2. The van der Waals surface area contributed by atoms with E-state index in [1.165, 1.54) is 0 Å². The zero-order valence-electron chi connectivity index (χ0n) is 18.6. The Balaban J connectivity index is 1.47. The van der Waals surface area contributed by atoms with Crippen LogP contribution in [0.3, 0.4) is 0 Å². The minimum absolute atomic E-state index is 0.0433. The maximum atomic E-state index is 13.2. The largest absolute Gasteiger partial charge is 0.506 e. The maximum Gasteiger partial charge on any atom is 0.275 e. The van der Waals surface area contributed by atoms with Gasteiger partial charge in [-0.05, 0) is 23.8 Å². The van der Waals surface area contributed by atoms with E-state index >= 15 is 0 Å². The van der Waals surface area contributed by atoms with Crippen molar-refractivity contribution in [3.05, 3.63) is 81.2 Å². The van der Waals surface area contributed by atoms with Crippen LogP contribution in [-0.4, -0.2) is 31.3 Å². The van der Waals surface area contributed by atoms with Crippen molar-refractivity contribution in [2.24, 2.45) is 5.73 Å². The minimum Gasteiger partial charge on any atom is -0.506 e. The molecule has 8 N–H and O–H groups in total. The lowest BCUT2D eigenvalue weighted by Gasteiger charge is -2.17. The molecule has 0 saturated heterocycles. The lowest BCUT2D eigenvalue weighted by molar-refractivity contribution is 0.480. The van der Waals surface area contributed by atoms with Crippen LogP contribution in [0.1, 0.15) is 18.4 Å². The molecule has 0 unspecified atom stereocenters. The molecule has 4 heterocycles. The number of aromatic hydroxyl groups is 1. The van der Waals surface area contributed by atoms with E-state index in [0.717, 1.165) is 43.1 Å². The third-order valence-electron chi connectivity index (χ3n) is 6.49. The second-order valence-electron chi connectivity index (χ2n) is 8.60. The van der Waals surface area contributed by atoms with Crippen molar-refractivity contribution < 1.29 is 5.11 Å². The molecule has 9 nitrogen and oxygen atoms in total. The molecule has 176 valence electrons. The van der Waals surface area contributed by atoms with E-state index in [1.54, 1.807) is 24.7 Å². The van der Waals surface area contributed by atoms with Crippen molar-refractivity contribution in [1.29, 1.82) is 0 Å². The van der Waals surface area contributed by atoms with Gasteiger partial charge in [0.25, 0.3) is 5.56 Å². The van der Waals surface area contributed by atoms with E-state index < -0.39 is 0 Å². The zero-order valence-corrected chi connectivity index (χ0v) is 20.2. The predicted octanol–water partition coefficient (Wildman–Crippen LogP) is 3.91. The molecule has 0 fully saturated rings. The van der Waals surface area contributed by atoms with Crippen LogP contribution in [0.25, 0.3) is 44.3 Å². The van der Waals surface area contributed by atoms with Gasteiger partial charge in [0.2, 0.25) is 0 Å². The molecule has 5 aromatic rings. The molecule has 35 heavy (non-hydrogen) atoms. The van der Waals surface area contributed by atoms with Crippen molar-refractivity contribution >= 4 is 37.7 Å². The quantitative estimate of drug-likeness (QED) is 0.187. The molecule has 0 bridgehead atoms. The van der Waals surface area contributed by atoms with Crippen molar-refractivity contribution in [2.45, 2.75) is 19.1 Å². The van der Waals surface area contributed by atoms with E-state index in [4.69, 9.17) is 5.73 Å². The smallest absolute Gasteiger partial charge is 0.275 e. The highest BCUT2D eigenvalue weighted by Gasteiger charge is 2.23. The number of benzene rings is 2. The van der Waals surface area contributed by atoms with Crippen LogP contribution in [0.4, 0.5) is 0 Å². The number of aromatic amines is 3. The zero-order chi connectivity index (χ0) is 24.3. The van der Waals surface area contributed by atoms with Crippen LogP contribution in [0, 0.1) is 0 Å². The van der Waals surface area contributed by atoms with Crippen LogP contribution in [0.15, 0.2) is 70.1 Å². The molecule has 3 aromatic heterocycles. The number of halogens is 1. The fourth-order valence-electron chi connectivity index (χ4n) is 4.72. The first-order chi connectivity index (χ1) is 16.9. The van der Waals surface area contributed by atoms with Gasteiger partial charge >= 0.3 is 0 Å². The third kappa shape index (κ3) is 3.49. The summed E-state index contributed by atoms with van der Waals surface area (Å²) in [4.78, 5) is 27.0. The van der Waals surface area contributed by atoms with Gasteiger partial charge in [-0.2, -0.15) is 0 Å². The molecule has 1 aliphatic heterocycles. The van der Waals surface area contributed by atoms with E-state index in [-0.39, 0.29) is 23.5 Å². The molecule has 0 spiro atoms. The highest BCUT2D eigenvalue weighted by Crippen LogP contribution is 2.39. The van der Waals surface area contributed by atoms with E-state index in [2.05, 4.69) is 53.4 Å². The Labute approximate surface area is 207 Å². The Morgan fingerprint density at radius 1 is 1.14 bits per heavy atom. The van der Waals surface area contributed by atoms with Crippen molar-refractivity contribution in [3.8, 4) is 28.3 Å². The van der Waals surface area contributed by atoms with Crippen LogP contribution >= 0.6 is 15.9 Å². The first kappa shape index (κ1) is 21.5. The van der Waals surface area contributed by atoms with Crippen LogP contribution in [-0.2, 0) is 0 Å². The van der Waals surface area contributed by atoms with Crippen LogP contribution < -0.4 is 21.9 Å². The number of phenols is 1. The van der Waals surface area contributed by atoms with Crippen molar-refractivity contribution in [2.75, 3.05) is 0 Å². The van der Waals surface area contributed by atoms with Gasteiger partial charge in [-0.1, -0.05) is 35.0 Å². The monoisotopic (exact) mass is 531 g/mol. The Bertz CT molecular complexity index is 1700. The third-order valence-corrected chi connectivity index (χ3v) is 6.99. The van der Waals surface area contributed by atoms with Crippen molar-refractivity contribution in [1.82, 2.24) is 30.6 Å². The molecule has 10 heteroatoms. The number of aromatic nitrogens is 4. The number of nitrogens with one attached hydrogen (secondary N) is 5. The molecule has 0 aliphatic carbocycles. The summed E-state index contributed by atoms with van der Waals surface area (Å²) in [5.74, 6) is 0.0838. The summed E-state index contributed by atoms with van der Waals surface area (Å²) in [5, 5.41) is 18.5. The number of allylic oxidation sites excluding steroid dienone is 1. The molecule has 2 aromatic carbocycles. The number of hydrogen-bond donors (Lipinski definition) is 7. The predicted molar refractivity (Wildman–Crippen MR) is 140 cm³/mol. The molecular weight excluding hydrogens is 510 g/mol. The fraction of sp³-hybridized carbons (Fsp3) is 0.120. The number of nitrogens with zero attached hydrogens (tertiary/aromatic N) is 1. The van der Waals surface area contributed by atoms with Gasteiger partial charge in [-0.25, -0.2) is 4.98 Å². The Kier molecular flexibility index (Phi) is 4.94. The summed E-state index contributed by atoms with van der Waals surface area (Å²) in [7, 11) is 0. The number of phenolic OH excluding ortho intramolecular Hbond substituents is 1. The number of nitrogens with two attached hydrogens (primary N) is 1. The molecular formula is C25H22BrN7O2. The first-order valence-electron chi connectivity index (χ1n) is 11.1. The highest BCUT2D eigenvalue weighted by molar-refractivity contribution is 9.10. The summed E-state index contributed by atoms with van der Waals surface area (Å²) in [6.45, 7) is 2.06. The van der Waals surface area contributed by atoms with Crippen molar-refractivity contribution in [3.63, 3.8) is 0 Å². The van der Waals surface area contributed by atoms with E-state index in [0.29, 0.717) is 16.9 Å². The highest BCUT2D eigenvalue weighted by atomic mass is 79.9. The van der Waals surface area contributed by atoms with Crippen LogP contribution in [0.2, 0.25) is 0 Å². The second kappa shape index (κ2) is 8.03. The average molecular weight is 532 g/mol. The summed E-state index contributed by atoms with van der Waals surface area (Å²) in [6, 6.07) is 9.38. The van der Waals surface area contributed by atoms with Gasteiger partial charge in [0.15, 0.2) is 0 Å². The van der Waals surface area contributed by atoms with Gasteiger partial charge in [0.05, 0.1) is 17.4 Å². The Morgan fingerprint density at radius 3 is 2.74 bits per heavy atom. The fourth-order valence-corrected chi connectivity index (χ4v) is 5.08. The lowest BCUT2D eigenvalue weighted by atomic mass is 9.92. The Hall–Kier alpha value is -4.02. The van der Waals surface area contributed by atoms with Gasteiger partial charge in [-0.3, -0.25) is 10.5 Å². The average Bonchev–Trinajstić information content (AvgIpc) is 3.57. The molecule has 1 aliphatic rings. The van der Waals surface area contributed by atoms with Gasteiger partial charge in [-0.15, -0.1) is 0 Å². The van der Waals surface area contributed by atoms with E-state index in [9.17, 15) is 9.90 Å². The standard InChI is InChI=1S/C25H22BrN7O2/c1-11(18-9-31-25(27)33-18)13-4-5-20(34)23-21(13)16(8-29-23)19-10-30-22(24(35)32-19)15-7-28-17-6-12(26)2-3-14(15)17/h2-11,25,28-29,31,33-34H,27H2,1H3,(H,32,35)/t11-,25-/m0/s1. The summed E-state index contributed by atoms with van der Waals surface area (Å²) < 4.78 is 0.949. The summed E-state index contributed by atoms with van der Waals surface area (Å²) in [6.07, 6.45) is 6.73. The van der Waals surface area contributed by atoms with Gasteiger partial charge in [0.1, 0.15) is 17.7 Å². The Morgan fingerprint density at radius 2 is 1.97 bits per heavy atom. The SMILES string of the molecule is C[C@H](C1=CN[C@H](N)N1)c1ccc(O)c2[nH]cc(-c3cnc(-c4c[nH]c5cc(Br)ccc45)c(=O)[nH]3)c12. The van der Waals surface area contributed by atoms with Gasteiger partial charge < -0.3 is 30.7 Å². The summed E-state index contributed by atoms with van der Waals surface area (Å²) >= 11 is 3.47. The topological polar surface area (TPSA) is 148 Å². The number of rotatable bonds is 4. The lowest BCUT2D eigenvalue weighted by Crippen LogP contribution is -2.41. The normalized spacial score (nSPS) is 16.3. The number of hydrogen-bond acceptors (Lipinski definition) is 6. The molecule has 6 rings (SSSR count). The first-order valence-corrected chi connectivity index (χ1v) is 11.9. The second-order valence-corrected chi connectivity index (χ2v) is 9.52. The molecule has 0 saturated carbocycles. The minimum atomic E-state index is -0.343. The number of H-pyrrole nitrogens is 3. The molecule has 2 atom stereocenters. The van der Waals surface area contributed by atoms with Gasteiger partial charge in [0, 0.05) is 62.1 Å². The molecule has 0 amide bonds. The molecule has 0 radical (unpaired) electrons. The summed E-state index contributed by atoms with van der Waals surface area (Å²) in [5.41, 5.74) is 11.4.